The summed E-state index contributed by atoms with van der Waals surface area (Å²) in [6.45, 7) is 0. The van der Waals surface area contributed by atoms with Crippen molar-refractivity contribution in [2.75, 3.05) is 12.0 Å². The third-order valence-corrected chi connectivity index (χ3v) is 8.21. The highest BCUT2D eigenvalue weighted by atomic mass is 79.9. The van der Waals surface area contributed by atoms with E-state index < -0.39 is 34.8 Å². The third-order valence-electron chi connectivity index (χ3n) is 6.99. The van der Waals surface area contributed by atoms with Gasteiger partial charge in [0.25, 0.3) is 0 Å². The molecule has 0 radical (unpaired) electrons. The Morgan fingerprint density at radius 1 is 1.14 bits per heavy atom. The number of hydrogen-bond acceptors (Lipinski definition) is 4. The molecule has 2 aromatic carbocycles. The van der Waals surface area contributed by atoms with E-state index in [-0.39, 0.29) is 42.0 Å². The zero-order valence-electron chi connectivity index (χ0n) is 18.8. The smallest absolute Gasteiger partial charge is 0.467 e. The summed E-state index contributed by atoms with van der Waals surface area (Å²) in [6, 6.07) is 7.91. The Balaban J connectivity index is 1.83. The van der Waals surface area contributed by atoms with Crippen molar-refractivity contribution in [3.63, 3.8) is 0 Å². The molecule has 0 saturated heterocycles. The number of hydrogen-bond donors (Lipinski definition) is 0. The number of nitrogens with zero attached hydrogens (tertiary/aromatic N) is 1. The van der Waals surface area contributed by atoms with E-state index in [1.807, 2.05) is 0 Å². The van der Waals surface area contributed by atoms with Gasteiger partial charge in [0.05, 0.1) is 12.7 Å². The van der Waals surface area contributed by atoms with Crippen LogP contribution >= 0.6 is 27.5 Å². The number of halogens is 6. The predicted molar refractivity (Wildman–Crippen MR) is 129 cm³/mol. The van der Waals surface area contributed by atoms with Gasteiger partial charge < -0.3 is 4.74 Å². The highest BCUT2D eigenvalue weighted by Gasteiger charge is 2.59. The molecule has 11 heteroatoms. The topological polar surface area (TPSA) is 63.7 Å². The zero-order chi connectivity index (χ0) is 26.5. The van der Waals surface area contributed by atoms with Crippen molar-refractivity contribution in [3.05, 3.63) is 68.4 Å². The number of carbonyl (C=O) groups is 3. The molecule has 1 fully saturated rings. The SMILES string of the molecule is COC(=O)C1(N(C(=O)C(F)(F)F)c2cccc(Cl)c2)CCC2(CC1)C(Br)=Cc1cc(F)c(C=O)cc12. The van der Waals surface area contributed by atoms with Crippen LogP contribution in [0.15, 0.2) is 40.9 Å². The van der Waals surface area contributed by atoms with Crippen LogP contribution in [0.2, 0.25) is 5.02 Å². The number of carbonyl (C=O) groups excluding carboxylic acids is 3. The van der Waals surface area contributed by atoms with Gasteiger partial charge in [0.2, 0.25) is 0 Å². The molecule has 0 heterocycles. The summed E-state index contributed by atoms with van der Waals surface area (Å²) in [5.74, 6) is -3.92. The number of anilines is 1. The number of amides is 1. The van der Waals surface area contributed by atoms with Crippen LogP contribution in [0.25, 0.3) is 6.08 Å². The normalized spacial score (nSPS) is 23.1. The second-order valence-electron chi connectivity index (χ2n) is 8.79. The lowest BCUT2D eigenvalue weighted by atomic mass is 9.64. The fourth-order valence-electron chi connectivity index (χ4n) is 5.24. The molecule has 2 aliphatic rings. The van der Waals surface area contributed by atoms with Gasteiger partial charge in [0.15, 0.2) is 6.29 Å². The van der Waals surface area contributed by atoms with Gasteiger partial charge in [-0.15, -0.1) is 0 Å². The predicted octanol–water partition coefficient (Wildman–Crippen LogP) is 6.36. The van der Waals surface area contributed by atoms with E-state index >= 15 is 0 Å². The van der Waals surface area contributed by atoms with Gasteiger partial charge in [-0.3, -0.25) is 14.5 Å². The number of aldehydes is 1. The molecule has 1 saturated carbocycles. The first-order chi connectivity index (χ1) is 16.9. The quantitative estimate of drug-likeness (QED) is 0.237. The van der Waals surface area contributed by atoms with Gasteiger partial charge in [-0.2, -0.15) is 13.2 Å². The lowest BCUT2D eigenvalue weighted by molar-refractivity contribution is -0.174. The number of esters is 1. The van der Waals surface area contributed by atoms with E-state index in [1.165, 1.54) is 36.4 Å². The molecule has 0 N–H and O–H groups in total. The molecular weight excluding hydrogens is 570 g/mol. The number of fused-ring (bicyclic) bond motifs is 2. The third kappa shape index (κ3) is 4.14. The van der Waals surface area contributed by atoms with E-state index in [1.54, 1.807) is 6.08 Å². The van der Waals surface area contributed by atoms with Crippen LogP contribution in [0.3, 0.4) is 0 Å². The Kier molecular flexibility index (Phi) is 6.81. The van der Waals surface area contributed by atoms with E-state index in [0.29, 0.717) is 26.8 Å². The molecule has 1 amide bonds. The lowest BCUT2D eigenvalue weighted by Crippen LogP contribution is -2.63. The first-order valence-electron chi connectivity index (χ1n) is 10.8. The standard InChI is InChI=1S/C25H19BrClF4NO4/c1-36-22(35)24(32(21(34)25(29,30)31)17-4-2-3-16(27)12-17)7-5-23(6-8-24)18-9-15(13-33)19(28)10-14(18)11-20(23)26/h2-4,9-13H,5-8H2,1H3. The fraction of sp³-hybridized carbons (Fsp3) is 0.320. The highest BCUT2D eigenvalue weighted by molar-refractivity contribution is 9.11. The average molecular weight is 589 g/mol. The first-order valence-corrected chi connectivity index (χ1v) is 12.0. The summed E-state index contributed by atoms with van der Waals surface area (Å²) in [7, 11) is 1.04. The molecule has 0 bridgehead atoms. The summed E-state index contributed by atoms with van der Waals surface area (Å²) < 4.78 is 61.2. The van der Waals surface area contributed by atoms with Crippen LogP contribution in [0.1, 0.15) is 47.2 Å². The average Bonchev–Trinajstić information content (AvgIpc) is 3.08. The van der Waals surface area contributed by atoms with E-state index in [4.69, 9.17) is 16.3 Å². The minimum absolute atomic E-state index is 0.0820. The van der Waals surface area contributed by atoms with Gasteiger partial charge in [-0.1, -0.05) is 33.6 Å². The van der Waals surface area contributed by atoms with Crippen LogP contribution < -0.4 is 4.90 Å². The van der Waals surface area contributed by atoms with Crippen LogP contribution in [-0.2, 0) is 19.7 Å². The van der Waals surface area contributed by atoms with Crippen molar-refractivity contribution in [3.8, 4) is 0 Å². The molecule has 0 atom stereocenters. The summed E-state index contributed by atoms with van der Waals surface area (Å²) >= 11 is 9.52. The van der Waals surface area contributed by atoms with E-state index in [0.717, 1.165) is 7.11 Å². The summed E-state index contributed by atoms with van der Waals surface area (Å²) in [5, 5.41) is 0.0820. The fourth-order valence-corrected chi connectivity index (χ4v) is 6.28. The number of alkyl halides is 3. The molecule has 0 unspecified atom stereocenters. The van der Waals surface area contributed by atoms with Crippen molar-refractivity contribution >= 4 is 57.5 Å². The molecule has 2 aliphatic carbocycles. The number of rotatable bonds is 4. The largest absolute Gasteiger partial charge is 0.471 e. The molecule has 5 nitrogen and oxygen atoms in total. The lowest BCUT2D eigenvalue weighted by Gasteiger charge is -2.49. The molecule has 190 valence electrons. The summed E-state index contributed by atoms with van der Waals surface area (Å²) in [6.07, 6.45) is -3.39. The Morgan fingerprint density at radius 2 is 1.81 bits per heavy atom. The Morgan fingerprint density at radius 3 is 2.36 bits per heavy atom. The molecule has 36 heavy (non-hydrogen) atoms. The molecule has 2 aromatic rings. The maximum atomic E-state index is 14.2. The van der Waals surface area contributed by atoms with Crippen LogP contribution in [0.4, 0.5) is 23.2 Å². The molecule has 1 spiro atoms. The Hall–Kier alpha value is -2.72. The van der Waals surface area contributed by atoms with Gasteiger partial charge >= 0.3 is 18.1 Å². The number of ether oxygens (including phenoxy) is 1. The van der Waals surface area contributed by atoms with Gasteiger partial charge in [0, 0.05) is 20.6 Å². The van der Waals surface area contributed by atoms with Crippen molar-refractivity contribution in [1.82, 2.24) is 0 Å². The monoisotopic (exact) mass is 587 g/mol. The van der Waals surface area contributed by atoms with Crippen molar-refractivity contribution in [1.29, 1.82) is 0 Å². The molecular formula is C25H19BrClF4NO4. The Labute approximate surface area is 217 Å². The second kappa shape index (κ2) is 9.30. The summed E-state index contributed by atoms with van der Waals surface area (Å²) in [5.41, 5.74) is -2.01. The van der Waals surface area contributed by atoms with E-state index in [2.05, 4.69) is 15.9 Å². The maximum Gasteiger partial charge on any atom is 0.471 e. The van der Waals surface area contributed by atoms with E-state index in [9.17, 15) is 31.9 Å². The van der Waals surface area contributed by atoms with Gasteiger partial charge in [0.1, 0.15) is 11.4 Å². The molecule has 0 aliphatic heterocycles. The number of allylic oxidation sites excluding steroid dienone is 1. The first kappa shape index (κ1) is 26.3. The maximum absolute atomic E-state index is 14.2. The highest BCUT2D eigenvalue weighted by Crippen LogP contribution is 2.57. The molecule has 4 rings (SSSR count). The minimum atomic E-state index is -5.28. The second-order valence-corrected chi connectivity index (χ2v) is 10.1. The van der Waals surface area contributed by atoms with Crippen LogP contribution in [0, 0.1) is 5.82 Å². The zero-order valence-corrected chi connectivity index (χ0v) is 21.1. The van der Waals surface area contributed by atoms with Crippen molar-refractivity contribution in [2.45, 2.75) is 42.8 Å². The summed E-state index contributed by atoms with van der Waals surface area (Å²) in [4.78, 5) is 37.7. The van der Waals surface area contributed by atoms with Crippen LogP contribution in [0.5, 0.6) is 0 Å². The number of methoxy groups -OCH3 is 1. The number of benzene rings is 2. The van der Waals surface area contributed by atoms with Crippen LogP contribution in [-0.4, -0.2) is 37.0 Å². The van der Waals surface area contributed by atoms with Crippen molar-refractivity contribution < 1.29 is 36.7 Å². The van der Waals surface area contributed by atoms with Crippen molar-refractivity contribution in [2.24, 2.45) is 0 Å². The van der Waals surface area contributed by atoms with Gasteiger partial charge in [-0.05, 0) is 73.2 Å². The van der Waals surface area contributed by atoms with Gasteiger partial charge in [-0.25, -0.2) is 9.18 Å². The Bertz CT molecular complexity index is 1290. The minimum Gasteiger partial charge on any atom is -0.467 e. The molecule has 0 aromatic heterocycles.